The molecule has 2 aromatic heterocycles. The van der Waals surface area contributed by atoms with E-state index in [1.807, 2.05) is 24.3 Å². The van der Waals surface area contributed by atoms with Gasteiger partial charge in [0.2, 0.25) is 0 Å². The summed E-state index contributed by atoms with van der Waals surface area (Å²) in [6.07, 6.45) is 5.30. The Morgan fingerprint density at radius 3 is 2.43 bits per heavy atom. The number of hydroxylamine groups is 1. The van der Waals surface area contributed by atoms with E-state index in [4.69, 9.17) is 5.21 Å². The van der Waals surface area contributed by atoms with Crippen molar-refractivity contribution in [3.63, 3.8) is 0 Å². The molecule has 0 aliphatic carbocycles. The molecule has 0 fully saturated rings. The number of aromatic nitrogens is 4. The lowest BCUT2D eigenvalue weighted by molar-refractivity contribution is -0.131. The summed E-state index contributed by atoms with van der Waals surface area (Å²) in [4.78, 5) is 28.3. The first-order valence-electron chi connectivity index (χ1n) is 8.96. The summed E-state index contributed by atoms with van der Waals surface area (Å²) in [6, 6.07) is 10.6. The molecule has 0 saturated carbocycles. The molecular formula is C19H21N5O5S. The minimum absolute atomic E-state index is 0.0126. The van der Waals surface area contributed by atoms with Gasteiger partial charge in [0.25, 0.3) is 11.5 Å². The first kappa shape index (κ1) is 21.4. The Hall–Kier alpha value is -3.31. The monoisotopic (exact) mass is 431 g/mol. The second kappa shape index (κ2) is 8.20. The number of aryl methyl sites for hydroxylation is 1. The zero-order valence-corrected chi connectivity index (χ0v) is 17.2. The van der Waals surface area contributed by atoms with Crippen LogP contribution in [0.25, 0.3) is 16.8 Å². The Kier molecular flexibility index (Phi) is 5.85. The number of amides is 1. The number of benzene rings is 1. The number of carbonyl (C=O) groups excluding carboxylic acids is 1. The van der Waals surface area contributed by atoms with E-state index < -0.39 is 20.5 Å². The third kappa shape index (κ3) is 4.16. The second-order valence-electron chi connectivity index (χ2n) is 7.03. The number of pyridine rings is 1. The highest BCUT2D eigenvalue weighted by molar-refractivity contribution is 7.92. The van der Waals surface area contributed by atoms with Crippen molar-refractivity contribution in [1.29, 1.82) is 0 Å². The molecule has 1 aromatic carbocycles. The molecule has 11 heteroatoms. The van der Waals surface area contributed by atoms with Crippen molar-refractivity contribution in [2.45, 2.75) is 24.6 Å². The van der Waals surface area contributed by atoms with E-state index in [1.54, 1.807) is 23.3 Å². The fourth-order valence-electron chi connectivity index (χ4n) is 2.94. The highest BCUT2D eigenvalue weighted by Gasteiger charge is 2.43. The van der Waals surface area contributed by atoms with Crippen molar-refractivity contribution < 1.29 is 18.4 Å². The van der Waals surface area contributed by atoms with Crippen LogP contribution in [-0.4, -0.2) is 49.9 Å². The molecular weight excluding hydrogens is 410 g/mol. The lowest BCUT2D eigenvalue weighted by Crippen LogP contribution is -2.49. The maximum atomic E-state index is 12.5. The molecule has 30 heavy (non-hydrogen) atoms. The molecule has 0 radical (unpaired) electrons. The predicted molar refractivity (Wildman–Crippen MR) is 109 cm³/mol. The van der Waals surface area contributed by atoms with Crippen molar-refractivity contribution in [2.24, 2.45) is 0 Å². The van der Waals surface area contributed by atoms with Crippen LogP contribution >= 0.6 is 0 Å². The number of nitrogens with one attached hydrogen (secondary N) is 1. The summed E-state index contributed by atoms with van der Waals surface area (Å²) in [7, 11) is -3.83. The number of hydrogen-bond acceptors (Lipinski definition) is 7. The van der Waals surface area contributed by atoms with E-state index in [1.165, 1.54) is 29.4 Å². The van der Waals surface area contributed by atoms with Crippen molar-refractivity contribution in [3.8, 4) is 16.8 Å². The molecule has 0 spiro atoms. The minimum Gasteiger partial charge on any atom is -0.315 e. The van der Waals surface area contributed by atoms with E-state index in [0.717, 1.165) is 17.5 Å². The van der Waals surface area contributed by atoms with Crippen LogP contribution in [0.2, 0.25) is 0 Å². The van der Waals surface area contributed by atoms with E-state index in [2.05, 4.69) is 10.1 Å². The molecule has 1 unspecified atom stereocenters. The summed E-state index contributed by atoms with van der Waals surface area (Å²) < 4.78 is 25.2. The molecule has 3 aromatic rings. The van der Waals surface area contributed by atoms with Gasteiger partial charge in [0, 0.05) is 25.1 Å². The molecule has 0 aliphatic heterocycles. The normalized spacial score (nSPS) is 13.6. The molecule has 2 heterocycles. The zero-order chi connectivity index (χ0) is 21.9. The van der Waals surface area contributed by atoms with Gasteiger partial charge in [-0.3, -0.25) is 14.8 Å². The Morgan fingerprint density at radius 1 is 1.20 bits per heavy atom. The number of sulfone groups is 1. The Bertz CT molecular complexity index is 1200. The average Bonchev–Trinajstić information content (AvgIpc) is 3.26. The number of rotatable bonds is 7. The van der Waals surface area contributed by atoms with Gasteiger partial charge < -0.3 is 4.57 Å². The molecule has 10 nitrogen and oxygen atoms in total. The van der Waals surface area contributed by atoms with Gasteiger partial charge in [-0.1, -0.05) is 12.1 Å². The molecule has 2 N–H and O–H groups in total. The fraction of sp³-hybridized carbons (Fsp3) is 0.263. The van der Waals surface area contributed by atoms with Gasteiger partial charge in [-0.05, 0) is 42.7 Å². The summed E-state index contributed by atoms with van der Waals surface area (Å²) in [5.41, 5.74) is 3.40. The summed E-state index contributed by atoms with van der Waals surface area (Å²) in [5, 5.41) is 12.9. The van der Waals surface area contributed by atoms with Gasteiger partial charge in [-0.15, -0.1) is 0 Å². The van der Waals surface area contributed by atoms with Crippen LogP contribution in [0.5, 0.6) is 0 Å². The number of carbonyl (C=O) groups is 1. The lowest BCUT2D eigenvalue weighted by Gasteiger charge is -2.25. The van der Waals surface area contributed by atoms with Crippen molar-refractivity contribution in [3.05, 3.63) is 65.6 Å². The van der Waals surface area contributed by atoms with Gasteiger partial charge in [0.1, 0.15) is 12.7 Å². The third-order valence-corrected chi connectivity index (χ3v) is 7.14. The summed E-state index contributed by atoms with van der Waals surface area (Å²) in [6.45, 7) is 1.20. The number of hydrogen-bond donors (Lipinski definition) is 2. The van der Waals surface area contributed by atoms with Gasteiger partial charge in [0.05, 0.1) is 5.69 Å². The smallest absolute Gasteiger partial charge is 0.264 e. The predicted octanol–water partition coefficient (Wildman–Crippen LogP) is 0.795. The highest BCUT2D eigenvalue weighted by Crippen LogP contribution is 2.23. The van der Waals surface area contributed by atoms with Gasteiger partial charge >= 0.3 is 0 Å². The van der Waals surface area contributed by atoms with Crippen LogP contribution in [-0.2, 0) is 21.2 Å². The van der Waals surface area contributed by atoms with Gasteiger partial charge in [-0.2, -0.15) is 5.10 Å². The molecule has 1 atom stereocenters. The van der Waals surface area contributed by atoms with E-state index in [0.29, 0.717) is 5.56 Å². The Balaban J connectivity index is 1.80. The standard InChI is InChI=1S/C19H21N5O5S/c1-19(18(26)22-27,30(2,28)29)8-10-23-9-7-15(11-17(23)25)14-3-5-16(6-4-14)24-13-20-12-21-24/h3-7,9,11-13,27H,8,10H2,1-2H3,(H,22,26). The highest BCUT2D eigenvalue weighted by atomic mass is 32.2. The van der Waals surface area contributed by atoms with Crippen molar-refractivity contribution in [1.82, 2.24) is 24.8 Å². The van der Waals surface area contributed by atoms with Crippen LogP contribution in [0.4, 0.5) is 0 Å². The largest absolute Gasteiger partial charge is 0.315 e. The van der Waals surface area contributed by atoms with Gasteiger partial charge in [-0.25, -0.2) is 23.6 Å². The molecule has 0 aliphatic rings. The fourth-order valence-corrected chi connectivity index (χ4v) is 3.78. The van der Waals surface area contributed by atoms with Gasteiger partial charge in [0.15, 0.2) is 14.6 Å². The maximum absolute atomic E-state index is 12.5. The van der Waals surface area contributed by atoms with E-state index in [9.17, 15) is 18.0 Å². The third-order valence-electron chi connectivity index (χ3n) is 5.11. The van der Waals surface area contributed by atoms with Crippen LogP contribution in [0.15, 0.2) is 60.0 Å². The SMILES string of the molecule is CC(CCn1ccc(-c2ccc(-n3cncn3)cc2)cc1=O)(C(=O)NO)S(C)(=O)=O. The average molecular weight is 431 g/mol. The maximum Gasteiger partial charge on any atom is 0.264 e. The van der Waals surface area contributed by atoms with E-state index >= 15 is 0 Å². The molecule has 1 amide bonds. The van der Waals surface area contributed by atoms with Crippen molar-refractivity contribution in [2.75, 3.05) is 6.26 Å². The zero-order valence-electron chi connectivity index (χ0n) is 16.4. The van der Waals surface area contributed by atoms with E-state index in [-0.39, 0.29) is 18.5 Å². The minimum atomic E-state index is -3.83. The molecule has 0 saturated heterocycles. The first-order chi connectivity index (χ1) is 14.2. The van der Waals surface area contributed by atoms with Crippen LogP contribution < -0.4 is 11.0 Å². The topological polar surface area (TPSA) is 136 Å². The molecule has 158 valence electrons. The summed E-state index contributed by atoms with van der Waals surface area (Å²) >= 11 is 0. The van der Waals surface area contributed by atoms with Crippen LogP contribution in [0.3, 0.4) is 0 Å². The molecule has 3 rings (SSSR count). The quantitative estimate of drug-likeness (QED) is 0.417. The Morgan fingerprint density at radius 2 is 1.90 bits per heavy atom. The van der Waals surface area contributed by atoms with Crippen molar-refractivity contribution >= 4 is 15.7 Å². The summed E-state index contributed by atoms with van der Waals surface area (Å²) in [5.74, 6) is -1.04. The van der Waals surface area contributed by atoms with Crippen LogP contribution in [0, 0.1) is 0 Å². The number of nitrogens with zero attached hydrogens (tertiary/aromatic N) is 4. The Labute approximate surface area is 172 Å². The second-order valence-corrected chi connectivity index (χ2v) is 9.47. The lowest BCUT2D eigenvalue weighted by atomic mass is 10.1. The first-order valence-corrected chi connectivity index (χ1v) is 10.8. The van der Waals surface area contributed by atoms with Crippen LogP contribution in [0.1, 0.15) is 13.3 Å². The molecule has 0 bridgehead atoms.